The highest BCUT2D eigenvalue weighted by atomic mass is 19.1. The first-order valence-corrected chi connectivity index (χ1v) is 6.66. The van der Waals surface area contributed by atoms with Gasteiger partial charge < -0.3 is 10.7 Å². The van der Waals surface area contributed by atoms with Crippen molar-refractivity contribution in [3.8, 4) is 0 Å². The summed E-state index contributed by atoms with van der Waals surface area (Å²) in [5.74, 6) is -0.186. The zero-order chi connectivity index (χ0) is 13.2. The number of aromatic nitrogens is 1. The Hall–Kier alpha value is -1.65. The van der Waals surface area contributed by atoms with Crippen LogP contribution in [0, 0.1) is 5.82 Å². The maximum absolute atomic E-state index is 13.4. The quantitative estimate of drug-likeness (QED) is 0.888. The maximum Gasteiger partial charge on any atom is 0.123 e. The molecule has 4 heteroatoms. The number of H-pyrrole nitrogens is 1. The molecule has 1 aromatic carbocycles. The smallest absolute Gasteiger partial charge is 0.123 e. The molecule has 0 saturated heterocycles. The number of aromatic amines is 1. The Morgan fingerprint density at radius 2 is 2.26 bits per heavy atom. The SMILES string of the molecule is NCCN1CC=C(c2c[nH]c3ccc(F)cc23)CC1. The minimum absolute atomic E-state index is 0.186. The van der Waals surface area contributed by atoms with Crippen LogP contribution in [0.4, 0.5) is 4.39 Å². The Kier molecular flexibility index (Phi) is 3.36. The lowest BCUT2D eigenvalue weighted by atomic mass is 9.99. The summed E-state index contributed by atoms with van der Waals surface area (Å²) in [6.45, 7) is 3.58. The average Bonchev–Trinajstić information content (AvgIpc) is 2.83. The first-order chi connectivity index (χ1) is 9.28. The molecule has 0 saturated carbocycles. The molecule has 2 aromatic rings. The van der Waals surface area contributed by atoms with Crippen LogP contribution in [0.1, 0.15) is 12.0 Å². The van der Waals surface area contributed by atoms with Crippen LogP contribution in [0.3, 0.4) is 0 Å². The normalized spacial score (nSPS) is 16.8. The van der Waals surface area contributed by atoms with Gasteiger partial charge in [0.15, 0.2) is 0 Å². The second-order valence-electron chi connectivity index (χ2n) is 4.96. The van der Waals surface area contributed by atoms with Crippen molar-refractivity contribution in [2.75, 3.05) is 26.2 Å². The fourth-order valence-electron chi connectivity index (χ4n) is 2.70. The Morgan fingerprint density at radius 3 is 3.00 bits per heavy atom. The van der Waals surface area contributed by atoms with Gasteiger partial charge in [0.05, 0.1) is 0 Å². The van der Waals surface area contributed by atoms with Crippen LogP contribution in [0.25, 0.3) is 16.5 Å². The fraction of sp³-hybridized carbons (Fsp3) is 0.333. The molecule has 0 radical (unpaired) electrons. The molecule has 0 aliphatic carbocycles. The maximum atomic E-state index is 13.4. The monoisotopic (exact) mass is 259 g/mol. The van der Waals surface area contributed by atoms with E-state index in [2.05, 4.69) is 16.0 Å². The highest BCUT2D eigenvalue weighted by Crippen LogP contribution is 2.29. The van der Waals surface area contributed by atoms with E-state index in [4.69, 9.17) is 5.73 Å². The summed E-state index contributed by atoms with van der Waals surface area (Å²) in [4.78, 5) is 5.54. The van der Waals surface area contributed by atoms with Crippen LogP contribution in [-0.2, 0) is 0 Å². The largest absolute Gasteiger partial charge is 0.361 e. The van der Waals surface area contributed by atoms with Gasteiger partial charge in [0.2, 0.25) is 0 Å². The van der Waals surface area contributed by atoms with Gasteiger partial charge in [0, 0.05) is 48.8 Å². The van der Waals surface area contributed by atoms with Crippen LogP contribution in [0.2, 0.25) is 0 Å². The summed E-state index contributed by atoms with van der Waals surface area (Å²) >= 11 is 0. The van der Waals surface area contributed by atoms with Crippen LogP contribution in [0.5, 0.6) is 0 Å². The summed E-state index contributed by atoms with van der Waals surface area (Å²) in [6, 6.07) is 4.88. The molecule has 2 heterocycles. The third-order valence-electron chi connectivity index (χ3n) is 3.73. The van der Waals surface area contributed by atoms with Gasteiger partial charge in [-0.2, -0.15) is 0 Å². The van der Waals surface area contributed by atoms with Crippen LogP contribution in [0.15, 0.2) is 30.5 Å². The highest BCUT2D eigenvalue weighted by molar-refractivity contribution is 5.92. The molecule has 1 aliphatic heterocycles. The Balaban J connectivity index is 1.91. The summed E-state index contributed by atoms with van der Waals surface area (Å²) in [7, 11) is 0. The van der Waals surface area contributed by atoms with Crippen LogP contribution in [-0.4, -0.2) is 36.1 Å². The van der Waals surface area contributed by atoms with E-state index in [0.29, 0.717) is 6.54 Å². The lowest BCUT2D eigenvalue weighted by Crippen LogP contribution is -2.33. The topological polar surface area (TPSA) is 45.0 Å². The zero-order valence-corrected chi connectivity index (χ0v) is 10.8. The van der Waals surface area contributed by atoms with E-state index in [1.54, 1.807) is 12.1 Å². The highest BCUT2D eigenvalue weighted by Gasteiger charge is 2.15. The zero-order valence-electron chi connectivity index (χ0n) is 10.8. The third kappa shape index (κ3) is 2.41. The molecule has 0 fully saturated rings. The van der Waals surface area contributed by atoms with E-state index >= 15 is 0 Å². The molecule has 100 valence electrons. The van der Waals surface area contributed by atoms with Crippen molar-refractivity contribution in [3.63, 3.8) is 0 Å². The number of hydrogen-bond acceptors (Lipinski definition) is 2. The van der Waals surface area contributed by atoms with Crippen molar-refractivity contribution in [3.05, 3.63) is 41.9 Å². The molecule has 0 bridgehead atoms. The standard InChI is InChI=1S/C15H18FN3/c16-12-1-2-15-13(9-12)14(10-18-15)11-3-6-19(7-4-11)8-5-17/h1-3,9-10,18H,4-8,17H2. The number of nitrogens with zero attached hydrogens (tertiary/aromatic N) is 1. The van der Waals surface area contributed by atoms with E-state index in [9.17, 15) is 4.39 Å². The van der Waals surface area contributed by atoms with Gasteiger partial charge in [-0.05, 0) is 30.2 Å². The average molecular weight is 259 g/mol. The Morgan fingerprint density at radius 1 is 1.37 bits per heavy atom. The first kappa shape index (κ1) is 12.4. The van der Waals surface area contributed by atoms with Gasteiger partial charge >= 0.3 is 0 Å². The van der Waals surface area contributed by atoms with Crippen molar-refractivity contribution >= 4 is 16.5 Å². The van der Waals surface area contributed by atoms with Crippen molar-refractivity contribution in [2.24, 2.45) is 5.73 Å². The number of hydrogen-bond donors (Lipinski definition) is 2. The summed E-state index contributed by atoms with van der Waals surface area (Å²) < 4.78 is 13.4. The molecule has 0 atom stereocenters. The predicted octanol–water partition coefficient (Wildman–Crippen LogP) is 2.35. The molecule has 1 aromatic heterocycles. The van der Waals surface area contributed by atoms with E-state index < -0.39 is 0 Å². The lowest BCUT2D eigenvalue weighted by Gasteiger charge is -2.25. The minimum Gasteiger partial charge on any atom is -0.361 e. The number of rotatable bonds is 3. The summed E-state index contributed by atoms with van der Waals surface area (Å²) in [5.41, 5.74) is 8.98. The number of benzene rings is 1. The van der Waals surface area contributed by atoms with Crippen LogP contribution < -0.4 is 5.73 Å². The van der Waals surface area contributed by atoms with Gasteiger partial charge in [0.1, 0.15) is 5.82 Å². The van der Waals surface area contributed by atoms with Gasteiger partial charge in [-0.3, -0.25) is 4.90 Å². The van der Waals surface area contributed by atoms with Gasteiger partial charge in [0.25, 0.3) is 0 Å². The second kappa shape index (κ2) is 5.15. The Bertz CT molecular complexity index is 615. The molecule has 3 nitrogen and oxygen atoms in total. The van der Waals surface area contributed by atoms with Gasteiger partial charge in [-0.1, -0.05) is 6.08 Å². The van der Waals surface area contributed by atoms with Crippen molar-refractivity contribution in [1.29, 1.82) is 0 Å². The minimum atomic E-state index is -0.186. The molecule has 3 rings (SSSR count). The number of nitrogens with two attached hydrogens (primary N) is 1. The van der Waals surface area contributed by atoms with E-state index in [1.165, 1.54) is 11.6 Å². The predicted molar refractivity (Wildman–Crippen MR) is 76.3 cm³/mol. The molecule has 19 heavy (non-hydrogen) atoms. The van der Waals surface area contributed by atoms with Crippen LogP contribution >= 0.6 is 0 Å². The number of halogens is 1. The van der Waals surface area contributed by atoms with Gasteiger partial charge in [-0.25, -0.2) is 4.39 Å². The summed E-state index contributed by atoms with van der Waals surface area (Å²) in [6.07, 6.45) is 5.20. The number of nitrogens with one attached hydrogen (secondary N) is 1. The second-order valence-corrected chi connectivity index (χ2v) is 4.96. The molecule has 0 amide bonds. The first-order valence-electron chi connectivity index (χ1n) is 6.66. The fourth-order valence-corrected chi connectivity index (χ4v) is 2.70. The number of fused-ring (bicyclic) bond motifs is 1. The van der Waals surface area contributed by atoms with Crippen molar-refractivity contribution in [2.45, 2.75) is 6.42 Å². The lowest BCUT2D eigenvalue weighted by molar-refractivity contribution is 0.310. The Labute approximate surface area is 111 Å². The van der Waals surface area contributed by atoms with Gasteiger partial charge in [-0.15, -0.1) is 0 Å². The molecular weight excluding hydrogens is 241 g/mol. The van der Waals surface area contributed by atoms with Crippen molar-refractivity contribution in [1.82, 2.24) is 9.88 Å². The molecule has 1 aliphatic rings. The molecular formula is C15H18FN3. The van der Waals surface area contributed by atoms with E-state index in [-0.39, 0.29) is 5.82 Å². The molecule has 0 spiro atoms. The molecule has 0 unspecified atom stereocenters. The summed E-state index contributed by atoms with van der Waals surface area (Å²) in [5, 5.41) is 0.971. The van der Waals surface area contributed by atoms with Crippen molar-refractivity contribution < 1.29 is 4.39 Å². The third-order valence-corrected chi connectivity index (χ3v) is 3.73. The van der Waals surface area contributed by atoms with E-state index in [0.717, 1.165) is 42.5 Å². The molecule has 3 N–H and O–H groups in total. The van der Waals surface area contributed by atoms with E-state index in [1.807, 2.05) is 6.20 Å².